The molecule has 0 radical (unpaired) electrons. The lowest BCUT2D eigenvalue weighted by Gasteiger charge is -2.26. The Morgan fingerprint density at radius 2 is 1.75 bits per heavy atom. The maximum Gasteiger partial charge on any atom is 0.459 e. The normalized spacial score (nSPS) is 14.8. The van der Waals surface area contributed by atoms with Gasteiger partial charge < -0.3 is 19.6 Å². The third-order valence-electron chi connectivity index (χ3n) is 6.23. The molecule has 3 atom stereocenters. The fourth-order valence-electron chi connectivity index (χ4n) is 4.48. The van der Waals surface area contributed by atoms with Crippen LogP contribution >= 0.6 is 7.75 Å². The molecule has 0 bridgehead atoms. The molecule has 2 aromatic carbocycles. The van der Waals surface area contributed by atoms with Crippen LogP contribution in [0.5, 0.6) is 5.75 Å². The molecule has 40 heavy (non-hydrogen) atoms. The van der Waals surface area contributed by atoms with E-state index in [1.54, 1.807) is 45.0 Å². The first-order valence-electron chi connectivity index (χ1n) is 13.6. The number of hydrogen-bond acceptors (Lipinski definition) is 8. The predicted molar refractivity (Wildman–Crippen MR) is 157 cm³/mol. The van der Waals surface area contributed by atoms with Gasteiger partial charge in [-0.15, -0.1) is 0 Å². The minimum absolute atomic E-state index is 0.317. The summed E-state index contributed by atoms with van der Waals surface area (Å²) < 4.78 is 33.4. The average Bonchev–Trinajstić information content (AvgIpc) is 3.26. The highest BCUT2D eigenvalue weighted by atomic mass is 31.2. The van der Waals surface area contributed by atoms with Crippen molar-refractivity contribution in [1.29, 1.82) is 0 Å². The molecule has 3 N–H and O–H groups in total. The number of carbonyl (C=O) groups is 1. The molecule has 2 aromatic heterocycles. The van der Waals surface area contributed by atoms with Crippen molar-refractivity contribution in [3.8, 4) is 5.75 Å². The molecule has 2 heterocycles. The number of para-hydroxylation sites is 2. The summed E-state index contributed by atoms with van der Waals surface area (Å²) in [6.45, 7) is 9.31. The van der Waals surface area contributed by atoms with Gasteiger partial charge in [0, 0.05) is 11.8 Å². The van der Waals surface area contributed by atoms with Gasteiger partial charge in [0.25, 0.3) is 0 Å². The molecule has 0 amide bonds. The maximum atomic E-state index is 14.1. The van der Waals surface area contributed by atoms with Gasteiger partial charge in [-0.05, 0) is 52.3 Å². The number of pyridine rings is 1. The summed E-state index contributed by atoms with van der Waals surface area (Å²) >= 11 is 0. The molecule has 11 heteroatoms. The second-order valence-corrected chi connectivity index (χ2v) is 11.8. The number of hydrogen-bond donors (Lipinski definition) is 2. The van der Waals surface area contributed by atoms with E-state index in [0.29, 0.717) is 23.6 Å². The van der Waals surface area contributed by atoms with E-state index in [1.165, 1.54) is 0 Å². The number of anilines is 1. The lowest BCUT2D eigenvalue weighted by molar-refractivity contribution is -0.149. The first kappa shape index (κ1) is 29.5. The van der Waals surface area contributed by atoms with Crippen molar-refractivity contribution < 1.29 is 23.1 Å². The number of imidazole rings is 1. The van der Waals surface area contributed by atoms with E-state index in [1.807, 2.05) is 37.3 Å². The second-order valence-electron chi connectivity index (χ2n) is 10.1. The number of carbonyl (C=O) groups excluding carboxylic acids is 1. The second kappa shape index (κ2) is 12.8. The van der Waals surface area contributed by atoms with Crippen LogP contribution < -0.4 is 15.3 Å². The van der Waals surface area contributed by atoms with Gasteiger partial charge in [-0.1, -0.05) is 49.7 Å². The van der Waals surface area contributed by atoms with E-state index < -0.39 is 25.9 Å². The van der Waals surface area contributed by atoms with Crippen molar-refractivity contribution in [2.24, 2.45) is 0 Å². The fraction of sp³-hybridized carbons (Fsp3) is 0.414. The van der Waals surface area contributed by atoms with Crippen LogP contribution in [0.1, 0.15) is 53.3 Å². The van der Waals surface area contributed by atoms with E-state index in [-0.39, 0.29) is 6.10 Å². The van der Waals surface area contributed by atoms with Gasteiger partial charge in [-0.3, -0.25) is 9.32 Å². The number of esters is 1. The number of nitrogens with two attached hydrogens (primary N) is 1. The third-order valence-corrected chi connectivity index (χ3v) is 8.02. The molecule has 10 nitrogen and oxygen atoms in total. The number of unbranched alkanes of at least 4 members (excludes halogenated alkanes) is 1. The minimum Gasteiger partial charge on any atom is -0.462 e. The number of rotatable bonds is 13. The molecular weight excluding hydrogens is 529 g/mol. The topological polar surface area (TPSA) is 131 Å². The predicted octanol–water partition coefficient (Wildman–Crippen LogP) is 6.03. The number of benzene rings is 2. The molecule has 214 valence electrons. The zero-order valence-electron chi connectivity index (χ0n) is 23.7. The standard InChI is InChI=1S/C29H38N5O5P/c1-6-7-17-25-32-26-27(23-15-11-12-16-24(23)31-28(26)30)34(25)18-20(4)38-40(36,39-22-13-9-8-10-14-22)33-21(5)29(35)37-19(2)3/h8-16,19-21H,6-7,17-18H2,1-5H3,(H2,30,31)(H,33,36)/t20-,21+,40+/m0/s1. The Labute approximate surface area is 234 Å². The molecule has 0 unspecified atom stereocenters. The lowest BCUT2D eigenvalue weighted by Crippen LogP contribution is -2.37. The highest BCUT2D eigenvalue weighted by molar-refractivity contribution is 7.52. The molecule has 0 aliphatic carbocycles. The van der Waals surface area contributed by atoms with Crippen molar-refractivity contribution in [2.45, 2.75) is 78.7 Å². The first-order chi connectivity index (χ1) is 19.1. The highest BCUT2D eigenvalue weighted by Crippen LogP contribution is 2.46. The zero-order valence-corrected chi connectivity index (χ0v) is 24.6. The van der Waals surface area contributed by atoms with Crippen LogP contribution in [0.15, 0.2) is 54.6 Å². The Hall–Kier alpha value is -3.46. The Balaban J connectivity index is 1.68. The number of aryl methyl sites for hydroxylation is 1. The van der Waals surface area contributed by atoms with Crippen molar-refractivity contribution in [1.82, 2.24) is 19.6 Å². The molecule has 0 saturated carbocycles. The summed E-state index contributed by atoms with van der Waals surface area (Å²) in [4.78, 5) is 21.9. The first-order valence-corrected chi connectivity index (χ1v) is 15.2. The van der Waals surface area contributed by atoms with Crippen molar-refractivity contribution in [3.05, 3.63) is 60.4 Å². The van der Waals surface area contributed by atoms with Gasteiger partial charge in [0.1, 0.15) is 23.1 Å². The van der Waals surface area contributed by atoms with E-state index in [4.69, 9.17) is 24.5 Å². The summed E-state index contributed by atoms with van der Waals surface area (Å²) in [7, 11) is -4.05. The van der Waals surface area contributed by atoms with Gasteiger partial charge in [0.05, 0.1) is 29.8 Å². The average molecular weight is 568 g/mol. The van der Waals surface area contributed by atoms with Crippen molar-refractivity contribution >= 4 is 41.5 Å². The van der Waals surface area contributed by atoms with E-state index in [9.17, 15) is 9.36 Å². The number of aromatic nitrogens is 3. The Bertz CT molecular complexity index is 1510. The summed E-state index contributed by atoms with van der Waals surface area (Å²) in [5, 5.41) is 3.68. The SMILES string of the molecule is CCCCc1nc2c(N)nc3ccccc3c2n1C[C@H](C)O[P@](=O)(N[C@H](C)C(=O)OC(C)C)Oc1ccccc1. The minimum atomic E-state index is -4.05. The molecule has 0 spiro atoms. The van der Waals surface area contributed by atoms with Crippen LogP contribution in [-0.2, 0) is 31.6 Å². The zero-order chi connectivity index (χ0) is 28.9. The highest BCUT2D eigenvalue weighted by Gasteiger charge is 2.35. The summed E-state index contributed by atoms with van der Waals surface area (Å²) in [6, 6.07) is 15.5. The summed E-state index contributed by atoms with van der Waals surface area (Å²) in [5.74, 6) is 0.991. The van der Waals surface area contributed by atoms with Crippen molar-refractivity contribution in [2.75, 3.05) is 5.73 Å². The smallest absolute Gasteiger partial charge is 0.459 e. The maximum absolute atomic E-state index is 14.1. The van der Waals surface area contributed by atoms with Crippen LogP contribution in [-0.4, -0.2) is 38.8 Å². The molecule has 4 rings (SSSR count). The Morgan fingerprint density at radius 1 is 1.05 bits per heavy atom. The molecule has 0 aliphatic rings. The Morgan fingerprint density at radius 3 is 2.45 bits per heavy atom. The van der Waals surface area contributed by atoms with Crippen LogP contribution in [0, 0.1) is 0 Å². The van der Waals surface area contributed by atoms with E-state index >= 15 is 0 Å². The van der Waals surface area contributed by atoms with Gasteiger partial charge in [-0.25, -0.2) is 14.5 Å². The van der Waals surface area contributed by atoms with Crippen LogP contribution in [0.3, 0.4) is 0 Å². The van der Waals surface area contributed by atoms with E-state index in [0.717, 1.165) is 41.5 Å². The van der Waals surface area contributed by atoms with E-state index in [2.05, 4.69) is 21.6 Å². The monoisotopic (exact) mass is 567 g/mol. The lowest BCUT2D eigenvalue weighted by atomic mass is 10.2. The number of ether oxygens (including phenoxy) is 1. The molecule has 0 saturated heterocycles. The third kappa shape index (κ3) is 6.99. The molecule has 4 aromatic rings. The van der Waals surface area contributed by atoms with Gasteiger partial charge >= 0.3 is 13.7 Å². The van der Waals surface area contributed by atoms with Gasteiger partial charge in [-0.2, -0.15) is 5.09 Å². The summed E-state index contributed by atoms with van der Waals surface area (Å²) in [5.41, 5.74) is 8.58. The summed E-state index contributed by atoms with van der Waals surface area (Å²) in [6.07, 6.45) is 1.74. The van der Waals surface area contributed by atoms with Gasteiger partial charge in [0.15, 0.2) is 5.82 Å². The quantitative estimate of drug-likeness (QED) is 0.147. The number of nitrogen functional groups attached to an aromatic ring is 1. The fourth-order valence-corrected chi connectivity index (χ4v) is 6.15. The number of nitrogens with zero attached hydrogens (tertiary/aromatic N) is 3. The molecular formula is C29H38N5O5P. The molecule has 0 aliphatic heterocycles. The number of fused-ring (bicyclic) bond motifs is 3. The van der Waals surface area contributed by atoms with Crippen LogP contribution in [0.25, 0.3) is 21.9 Å². The van der Waals surface area contributed by atoms with Crippen LogP contribution in [0.2, 0.25) is 0 Å². The van der Waals surface area contributed by atoms with Crippen molar-refractivity contribution in [3.63, 3.8) is 0 Å². The largest absolute Gasteiger partial charge is 0.462 e. The van der Waals surface area contributed by atoms with Crippen LogP contribution in [0.4, 0.5) is 5.82 Å². The Kier molecular flexibility index (Phi) is 9.45. The molecule has 0 fully saturated rings. The van der Waals surface area contributed by atoms with Gasteiger partial charge in [0.2, 0.25) is 0 Å². The number of nitrogens with one attached hydrogen (secondary N) is 1.